The summed E-state index contributed by atoms with van der Waals surface area (Å²) < 4.78 is 1.33. The Kier molecular flexibility index (Phi) is 2.39. The maximum Gasteiger partial charge on any atom is 0.215 e. The maximum atomic E-state index is 9.55. The Hall–Kier alpha value is -1.88. The number of pyridine rings is 1. The van der Waals surface area contributed by atoms with Gasteiger partial charge in [-0.1, -0.05) is 6.07 Å². The highest BCUT2D eigenvalue weighted by Gasteiger charge is 2.07. The molecule has 0 aliphatic rings. The molecule has 2 aromatic rings. The normalized spacial score (nSPS) is 10.5. The van der Waals surface area contributed by atoms with Gasteiger partial charge < -0.3 is 10.2 Å². The Morgan fingerprint density at radius 3 is 2.80 bits per heavy atom. The van der Waals surface area contributed by atoms with Crippen molar-refractivity contribution in [2.75, 3.05) is 0 Å². The second-order valence-electron chi connectivity index (χ2n) is 3.20. The number of aryl methyl sites for hydroxylation is 1. The van der Waals surface area contributed by atoms with Crippen LogP contribution in [0.15, 0.2) is 24.3 Å². The van der Waals surface area contributed by atoms with Crippen molar-refractivity contribution in [2.24, 2.45) is 0 Å². The van der Waals surface area contributed by atoms with Crippen LogP contribution in [0.1, 0.15) is 11.4 Å². The first-order valence-corrected chi connectivity index (χ1v) is 4.53. The molecule has 0 aliphatic heterocycles. The van der Waals surface area contributed by atoms with Crippen LogP contribution in [0.4, 0.5) is 0 Å². The van der Waals surface area contributed by atoms with Gasteiger partial charge in [-0.05, 0) is 19.1 Å². The van der Waals surface area contributed by atoms with Gasteiger partial charge in [0.05, 0.1) is 18.0 Å². The molecule has 0 amide bonds. The molecule has 0 bridgehead atoms. The summed E-state index contributed by atoms with van der Waals surface area (Å²) in [4.78, 5) is 4.13. The minimum atomic E-state index is -0.130. The molecule has 2 aromatic heterocycles. The minimum Gasteiger partial charge on any atom is -0.493 e. The van der Waals surface area contributed by atoms with E-state index in [1.165, 1.54) is 4.68 Å². The second-order valence-corrected chi connectivity index (χ2v) is 3.20. The van der Waals surface area contributed by atoms with Crippen molar-refractivity contribution in [1.82, 2.24) is 14.8 Å². The minimum absolute atomic E-state index is 0.0371. The second kappa shape index (κ2) is 3.70. The lowest BCUT2D eigenvalue weighted by atomic mass is 10.3. The Morgan fingerprint density at radius 2 is 2.20 bits per heavy atom. The fourth-order valence-corrected chi connectivity index (χ4v) is 1.33. The molecule has 0 unspecified atom stereocenters. The summed E-state index contributed by atoms with van der Waals surface area (Å²) in [7, 11) is 0. The van der Waals surface area contributed by atoms with Crippen LogP contribution in [0.5, 0.6) is 5.88 Å². The molecule has 5 heteroatoms. The molecule has 78 valence electrons. The van der Waals surface area contributed by atoms with Crippen LogP contribution in [0.2, 0.25) is 0 Å². The molecular weight excluding hydrogens is 194 g/mol. The molecule has 0 saturated carbocycles. The van der Waals surface area contributed by atoms with E-state index in [0.717, 1.165) is 0 Å². The van der Waals surface area contributed by atoms with E-state index in [4.69, 9.17) is 5.11 Å². The fourth-order valence-electron chi connectivity index (χ4n) is 1.33. The average Bonchev–Trinajstić information content (AvgIpc) is 2.58. The lowest BCUT2D eigenvalue weighted by Crippen LogP contribution is -2.01. The van der Waals surface area contributed by atoms with Gasteiger partial charge in [0, 0.05) is 6.07 Å². The van der Waals surface area contributed by atoms with E-state index in [1.54, 1.807) is 31.2 Å². The predicted octanol–water partition coefficient (Wildman–Crippen LogP) is 0.774. The molecule has 0 saturated heterocycles. The lowest BCUT2D eigenvalue weighted by Gasteiger charge is -2.03. The molecule has 0 aromatic carbocycles. The highest BCUT2D eigenvalue weighted by Crippen LogP contribution is 2.15. The van der Waals surface area contributed by atoms with Crippen molar-refractivity contribution >= 4 is 0 Å². The largest absolute Gasteiger partial charge is 0.493 e. The zero-order chi connectivity index (χ0) is 10.8. The third kappa shape index (κ3) is 1.82. The van der Waals surface area contributed by atoms with E-state index in [2.05, 4.69) is 10.1 Å². The van der Waals surface area contributed by atoms with Crippen molar-refractivity contribution in [3.05, 3.63) is 35.7 Å². The van der Waals surface area contributed by atoms with E-state index in [0.29, 0.717) is 17.2 Å². The molecular formula is C10H11N3O2. The van der Waals surface area contributed by atoms with Gasteiger partial charge in [0.1, 0.15) is 0 Å². The summed E-state index contributed by atoms with van der Waals surface area (Å²) in [6.07, 6.45) is 0. The number of nitrogens with zero attached hydrogens (tertiary/aromatic N) is 3. The Labute approximate surface area is 86.6 Å². The van der Waals surface area contributed by atoms with Gasteiger partial charge in [-0.15, -0.1) is 0 Å². The summed E-state index contributed by atoms with van der Waals surface area (Å²) in [5.41, 5.74) is 1.25. The van der Waals surface area contributed by atoms with Gasteiger partial charge in [-0.3, -0.25) is 0 Å². The molecule has 2 N–H and O–H groups in total. The first-order chi connectivity index (χ1) is 7.20. The SMILES string of the molecule is Cc1cc(O)n(-c2cccc(CO)n2)n1. The Morgan fingerprint density at radius 1 is 1.40 bits per heavy atom. The lowest BCUT2D eigenvalue weighted by molar-refractivity contribution is 0.276. The van der Waals surface area contributed by atoms with Gasteiger partial charge >= 0.3 is 0 Å². The summed E-state index contributed by atoms with van der Waals surface area (Å²) in [6, 6.07) is 6.72. The summed E-state index contributed by atoms with van der Waals surface area (Å²) >= 11 is 0. The quantitative estimate of drug-likeness (QED) is 0.759. The maximum absolute atomic E-state index is 9.55. The molecule has 2 heterocycles. The van der Waals surface area contributed by atoms with Crippen LogP contribution in [0, 0.1) is 6.92 Å². The number of rotatable bonds is 2. The van der Waals surface area contributed by atoms with Crippen molar-refractivity contribution in [3.63, 3.8) is 0 Å². The van der Waals surface area contributed by atoms with Crippen LogP contribution in [-0.2, 0) is 6.61 Å². The number of aromatic hydroxyl groups is 1. The van der Waals surface area contributed by atoms with Crippen LogP contribution in [0.3, 0.4) is 0 Å². The summed E-state index contributed by atoms with van der Waals surface area (Å²) in [5, 5.41) is 22.6. The van der Waals surface area contributed by atoms with E-state index in [1.807, 2.05) is 0 Å². The Bertz CT molecular complexity index is 479. The van der Waals surface area contributed by atoms with Crippen LogP contribution >= 0.6 is 0 Å². The van der Waals surface area contributed by atoms with Crippen molar-refractivity contribution in [2.45, 2.75) is 13.5 Å². The zero-order valence-corrected chi connectivity index (χ0v) is 8.25. The van der Waals surface area contributed by atoms with Crippen molar-refractivity contribution in [3.8, 4) is 11.7 Å². The number of hydrogen-bond acceptors (Lipinski definition) is 4. The van der Waals surface area contributed by atoms with Crippen LogP contribution in [-0.4, -0.2) is 25.0 Å². The molecule has 0 fully saturated rings. The molecule has 15 heavy (non-hydrogen) atoms. The number of aliphatic hydroxyl groups excluding tert-OH is 1. The van der Waals surface area contributed by atoms with Gasteiger partial charge in [0.15, 0.2) is 5.82 Å². The van der Waals surface area contributed by atoms with E-state index in [-0.39, 0.29) is 12.5 Å². The highest BCUT2D eigenvalue weighted by atomic mass is 16.3. The monoisotopic (exact) mass is 205 g/mol. The molecule has 0 atom stereocenters. The molecule has 5 nitrogen and oxygen atoms in total. The highest BCUT2D eigenvalue weighted by molar-refractivity contribution is 5.29. The first kappa shape index (κ1) is 9.67. The van der Waals surface area contributed by atoms with Crippen LogP contribution in [0.25, 0.3) is 5.82 Å². The van der Waals surface area contributed by atoms with Gasteiger partial charge in [-0.25, -0.2) is 4.98 Å². The Balaban J connectivity index is 2.49. The number of aromatic nitrogens is 3. The number of aliphatic hydroxyl groups is 1. The average molecular weight is 205 g/mol. The fraction of sp³-hybridized carbons (Fsp3) is 0.200. The van der Waals surface area contributed by atoms with E-state index < -0.39 is 0 Å². The molecule has 0 radical (unpaired) electrons. The molecule has 2 rings (SSSR count). The summed E-state index contributed by atoms with van der Waals surface area (Å²) in [6.45, 7) is 1.65. The van der Waals surface area contributed by atoms with Crippen LogP contribution < -0.4 is 0 Å². The number of hydrogen-bond donors (Lipinski definition) is 2. The van der Waals surface area contributed by atoms with Gasteiger partial charge in [-0.2, -0.15) is 9.78 Å². The molecule has 0 spiro atoms. The third-order valence-corrected chi connectivity index (χ3v) is 1.98. The van der Waals surface area contributed by atoms with Gasteiger partial charge in [0.2, 0.25) is 5.88 Å². The van der Waals surface area contributed by atoms with Crippen molar-refractivity contribution < 1.29 is 10.2 Å². The van der Waals surface area contributed by atoms with E-state index in [9.17, 15) is 5.11 Å². The first-order valence-electron chi connectivity index (χ1n) is 4.53. The van der Waals surface area contributed by atoms with Gasteiger partial charge in [0.25, 0.3) is 0 Å². The third-order valence-electron chi connectivity index (χ3n) is 1.98. The summed E-state index contributed by atoms with van der Waals surface area (Å²) in [5.74, 6) is 0.530. The zero-order valence-electron chi connectivity index (χ0n) is 8.25. The molecule has 0 aliphatic carbocycles. The topological polar surface area (TPSA) is 71.2 Å². The van der Waals surface area contributed by atoms with E-state index >= 15 is 0 Å². The standard InChI is InChI=1S/C10H11N3O2/c1-7-5-10(15)13(12-7)9-4-2-3-8(6-14)11-9/h2-5,14-15H,6H2,1H3. The smallest absolute Gasteiger partial charge is 0.215 e. The predicted molar refractivity (Wildman–Crippen MR) is 53.7 cm³/mol. The van der Waals surface area contributed by atoms with Crippen molar-refractivity contribution in [1.29, 1.82) is 0 Å².